The Labute approximate surface area is 129 Å². The highest BCUT2D eigenvalue weighted by molar-refractivity contribution is 5.16. The standard InChI is InChI=1S/C19H30N2/c1-4-18(2)15-21(13-12-16-8-6-5-7-9-16)19(3,14-20-18)17-10-11-17/h5-9,17,20H,4,10-15H2,1-3H3. The molecule has 1 heterocycles. The summed E-state index contributed by atoms with van der Waals surface area (Å²) in [5.41, 5.74) is 2.11. The highest BCUT2D eigenvalue weighted by Crippen LogP contribution is 2.45. The lowest BCUT2D eigenvalue weighted by atomic mass is 9.84. The van der Waals surface area contributed by atoms with E-state index in [-0.39, 0.29) is 5.54 Å². The second kappa shape index (κ2) is 5.73. The van der Waals surface area contributed by atoms with Crippen LogP contribution in [0.1, 0.15) is 45.6 Å². The van der Waals surface area contributed by atoms with Crippen molar-refractivity contribution in [3.05, 3.63) is 35.9 Å². The zero-order chi connectivity index (χ0) is 14.9. The maximum atomic E-state index is 3.84. The number of nitrogens with one attached hydrogen (secondary N) is 1. The van der Waals surface area contributed by atoms with Gasteiger partial charge in [0, 0.05) is 30.7 Å². The number of nitrogens with zero attached hydrogens (tertiary/aromatic N) is 1. The van der Waals surface area contributed by atoms with Gasteiger partial charge >= 0.3 is 0 Å². The highest BCUT2D eigenvalue weighted by Gasteiger charge is 2.49. The van der Waals surface area contributed by atoms with E-state index in [0.29, 0.717) is 5.54 Å². The van der Waals surface area contributed by atoms with E-state index in [1.165, 1.54) is 44.3 Å². The normalized spacial score (nSPS) is 34.0. The smallest absolute Gasteiger partial charge is 0.0335 e. The van der Waals surface area contributed by atoms with Crippen molar-refractivity contribution >= 4 is 0 Å². The molecule has 2 fully saturated rings. The summed E-state index contributed by atoms with van der Waals surface area (Å²) in [5.74, 6) is 0.905. The van der Waals surface area contributed by atoms with Crippen molar-refractivity contribution in [2.45, 2.75) is 57.5 Å². The van der Waals surface area contributed by atoms with E-state index in [1.54, 1.807) is 0 Å². The molecule has 1 saturated heterocycles. The Morgan fingerprint density at radius 3 is 2.52 bits per heavy atom. The Kier molecular flexibility index (Phi) is 4.11. The van der Waals surface area contributed by atoms with E-state index in [1.807, 2.05) is 0 Å². The van der Waals surface area contributed by atoms with Gasteiger partial charge in [0.1, 0.15) is 0 Å². The van der Waals surface area contributed by atoms with Crippen LogP contribution in [0.2, 0.25) is 0 Å². The predicted molar refractivity (Wildman–Crippen MR) is 89.5 cm³/mol. The van der Waals surface area contributed by atoms with Crippen molar-refractivity contribution < 1.29 is 0 Å². The molecule has 1 aliphatic heterocycles. The number of rotatable bonds is 5. The van der Waals surface area contributed by atoms with Gasteiger partial charge in [-0.1, -0.05) is 37.3 Å². The summed E-state index contributed by atoms with van der Waals surface area (Å²) in [6.07, 6.45) is 5.21. The van der Waals surface area contributed by atoms with Crippen LogP contribution in [0.3, 0.4) is 0 Å². The van der Waals surface area contributed by atoms with E-state index < -0.39 is 0 Å². The Bertz CT molecular complexity index is 468. The van der Waals surface area contributed by atoms with Crippen LogP contribution in [0.5, 0.6) is 0 Å². The molecule has 2 atom stereocenters. The van der Waals surface area contributed by atoms with E-state index in [9.17, 15) is 0 Å². The van der Waals surface area contributed by atoms with Crippen LogP contribution in [0.25, 0.3) is 0 Å². The van der Waals surface area contributed by atoms with Gasteiger partial charge in [0.15, 0.2) is 0 Å². The Morgan fingerprint density at radius 2 is 1.90 bits per heavy atom. The molecule has 0 spiro atoms. The fraction of sp³-hybridized carbons (Fsp3) is 0.684. The highest BCUT2D eigenvalue weighted by atomic mass is 15.3. The Hall–Kier alpha value is -0.860. The molecule has 2 unspecified atom stereocenters. The molecule has 0 amide bonds. The quantitative estimate of drug-likeness (QED) is 0.891. The minimum Gasteiger partial charge on any atom is -0.308 e. The molecule has 0 radical (unpaired) electrons. The molecule has 0 aromatic heterocycles. The molecule has 1 aromatic carbocycles. The van der Waals surface area contributed by atoms with Gasteiger partial charge in [-0.3, -0.25) is 4.90 Å². The molecule has 3 rings (SSSR count). The summed E-state index contributed by atoms with van der Waals surface area (Å²) in [5, 5.41) is 3.84. The van der Waals surface area contributed by atoms with E-state index in [2.05, 4.69) is 61.3 Å². The minimum absolute atomic E-state index is 0.283. The summed E-state index contributed by atoms with van der Waals surface area (Å²) >= 11 is 0. The van der Waals surface area contributed by atoms with E-state index in [4.69, 9.17) is 0 Å². The summed E-state index contributed by atoms with van der Waals surface area (Å²) in [4.78, 5) is 2.79. The molecule has 0 bridgehead atoms. The number of hydrogen-bond donors (Lipinski definition) is 1. The largest absolute Gasteiger partial charge is 0.308 e. The lowest BCUT2D eigenvalue weighted by molar-refractivity contribution is 0.00607. The van der Waals surface area contributed by atoms with Gasteiger partial charge in [-0.2, -0.15) is 0 Å². The summed E-state index contributed by atoms with van der Waals surface area (Å²) < 4.78 is 0. The first-order valence-corrected chi connectivity index (χ1v) is 8.60. The van der Waals surface area contributed by atoms with E-state index in [0.717, 1.165) is 12.5 Å². The van der Waals surface area contributed by atoms with Crippen molar-refractivity contribution in [3.63, 3.8) is 0 Å². The van der Waals surface area contributed by atoms with Crippen molar-refractivity contribution in [2.75, 3.05) is 19.6 Å². The average molecular weight is 286 g/mol. The zero-order valence-electron chi connectivity index (χ0n) is 13.9. The third-order valence-corrected chi connectivity index (χ3v) is 5.89. The summed E-state index contributed by atoms with van der Waals surface area (Å²) in [6, 6.07) is 10.9. The lowest BCUT2D eigenvalue weighted by Gasteiger charge is -2.53. The molecule has 2 nitrogen and oxygen atoms in total. The monoisotopic (exact) mass is 286 g/mol. The van der Waals surface area contributed by atoms with Crippen LogP contribution >= 0.6 is 0 Å². The molecule has 2 heteroatoms. The molecular formula is C19H30N2. The number of piperazine rings is 1. The first-order valence-electron chi connectivity index (χ1n) is 8.60. The maximum Gasteiger partial charge on any atom is 0.0335 e. The van der Waals surface area contributed by atoms with Crippen molar-refractivity contribution in [2.24, 2.45) is 5.92 Å². The average Bonchev–Trinajstić information content (AvgIpc) is 3.35. The molecule has 21 heavy (non-hydrogen) atoms. The van der Waals surface area contributed by atoms with Crippen molar-refractivity contribution in [3.8, 4) is 0 Å². The molecule has 1 saturated carbocycles. The van der Waals surface area contributed by atoms with Crippen LogP contribution in [0.15, 0.2) is 30.3 Å². The zero-order valence-corrected chi connectivity index (χ0v) is 13.9. The topological polar surface area (TPSA) is 15.3 Å². The van der Waals surface area contributed by atoms with Crippen LogP contribution in [0.4, 0.5) is 0 Å². The minimum atomic E-state index is 0.283. The second-order valence-electron chi connectivity index (χ2n) is 7.56. The van der Waals surface area contributed by atoms with Gasteiger partial charge in [0.25, 0.3) is 0 Å². The van der Waals surface area contributed by atoms with Crippen LogP contribution in [-0.4, -0.2) is 35.6 Å². The number of hydrogen-bond acceptors (Lipinski definition) is 2. The van der Waals surface area contributed by atoms with Gasteiger partial charge < -0.3 is 5.32 Å². The molecule has 116 valence electrons. The maximum absolute atomic E-state index is 3.84. The van der Waals surface area contributed by atoms with Crippen molar-refractivity contribution in [1.82, 2.24) is 10.2 Å². The van der Waals surface area contributed by atoms with E-state index >= 15 is 0 Å². The van der Waals surface area contributed by atoms with Gasteiger partial charge in [0.2, 0.25) is 0 Å². The summed E-state index contributed by atoms with van der Waals surface area (Å²) in [7, 11) is 0. The second-order valence-corrected chi connectivity index (χ2v) is 7.56. The fourth-order valence-corrected chi connectivity index (χ4v) is 3.75. The SMILES string of the molecule is CCC1(C)CN(CCc2ccccc2)C(C)(C2CC2)CN1. The molecule has 1 aromatic rings. The van der Waals surface area contributed by atoms with Gasteiger partial charge in [-0.25, -0.2) is 0 Å². The lowest BCUT2D eigenvalue weighted by Crippen LogP contribution is -2.69. The van der Waals surface area contributed by atoms with Gasteiger partial charge in [0.05, 0.1) is 0 Å². The molecule has 2 aliphatic rings. The third kappa shape index (κ3) is 3.17. The third-order valence-electron chi connectivity index (χ3n) is 5.89. The van der Waals surface area contributed by atoms with Crippen LogP contribution < -0.4 is 5.32 Å². The van der Waals surface area contributed by atoms with Gasteiger partial charge in [-0.15, -0.1) is 0 Å². The molecule has 1 N–H and O–H groups in total. The first kappa shape index (κ1) is 15.1. The Morgan fingerprint density at radius 1 is 1.19 bits per heavy atom. The van der Waals surface area contributed by atoms with Crippen LogP contribution in [0, 0.1) is 5.92 Å². The predicted octanol–water partition coefficient (Wildman–Crippen LogP) is 3.47. The first-order chi connectivity index (χ1) is 10.1. The van der Waals surface area contributed by atoms with Crippen LogP contribution in [-0.2, 0) is 6.42 Å². The fourth-order valence-electron chi connectivity index (χ4n) is 3.75. The van der Waals surface area contributed by atoms with Gasteiger partial charge in [-0.05, 0) is 51.0 Å². The molecular weight excluding hydrogens is 256 g/mol. The van der Waals surface area contributed by atoms with Crippen molar-refractivity contribution in [1.29, 1.82) is 0 Å². The summed E-state index contributed by atoms with van der Waals surface area (Å²) in [6.45, 7) is 10.7. The Balaban J connectivity index is 1.71. The number of benzene rings is 1. The molecule has 1 aliphatic carbocycles.